The van der Waals surface area contributed by atoms with Crippen molar-refractivity contribution in [2.24, 2.45) is 0 Å². The summed E-state index contributed by atoms with van der Waals surface area (Å²) in [5.74, 6) is 1.92. The molecule has 5 nitrogen and oxygen atoms in total. The van der Waals surface area contributed by atoms with Gasteiger partial charge in [0.1, 0.15) is 0 Å². The van der Waals surface area contributed by atoms with Crippen LogP contribution in [0.2, 0.25) is 0 Å². The minimum absolute atomic E-state index is 0.630. The maximum atomic E-state index is 5.04. The van der Waals surface area contributed by atoms with Crippen molar-refractivity contribution in [3.05, 3.63) is 200 Å². The van der Waals surface area contributed by atoms with Gasteiger partial charge < -0.3 is 9.13 Å². The minimum Gasteiger partial charge on any atom is -0.307 e. The summed E-state index contributed by atoms with van der Waals surface area (Å²) in [7, 11) is 0. The summed E-state index contributed by atoms with van der Waals surface area (Å²) in [4.78, 5) is 15.0. The van der Waals surface area contributed by atoms with E-state index in [-0.39, 0.29) is 0 Å². The van der Waals surface area contributed by atoms with E-state index in [1.807, 2.05) is 60.7 Å². The van der Waals surface area contributed by atoms with Crippen LogP contribution in [0.5, 0.6) is 0 Å². The van der Waals surface area contributed by atoms with E-state index in [2.05, 4.69) is 149 Å². The summed E-state index contributed by atoms with van der Waals surface area (Å²) in [6, 6.07) is 71.0. The summed E-state index contributed by atoms with van der Waals surface area (Å²) in [6.45, 7) is 0. The van der Waals surface area contributed by atoms with Crippen molar-refractivity contribution in [2.45, 2.75) is 0 Å². The number of fused-ring (bicyclic) bond motifs is 11. The number of rotatable bonds is 5. The van der Waals surface area contributed by atoms with E-state index in [9.17, 15) is 0 Å². The van der Waals surface area contributed by atoms with Gasteiger partial charge in [-0.05, 0) is 47.2 Å². The van der Waals surface area contributed by atoms with Gasteiger partial charge in [-0.2, -0.15) is 0 Å². The van der Waals surface area contributed by atoms with Gasteiger partial charge >= 0.3 is 0 Å². The molecule has 0 saturated carbocycles. The van der Waals surface area contributed by atoms with Crippen LogP contribution in [0.15, 0.2) is 200 Å². The van der Waals surface area contributed by atoms with Gasteiger partial charge in [0.2, 0.25) is 0 Å². The molecular weight excluding hydrogens is 707 g/mol. The molecule has 0 bridgehead atoms. The number of benzene rings is 9. The second-order valence-corrected chi connectivity index (χ2v) is 14.8. The molecule has 0 radical (unpaired) electrons. The van der Waals surface area contributed by atoms with Crippen LogP contribution in [-0.2, 0) is 0 Å². The lowest BCUT2D eigenvalue weighted by Crippen LogP contribution is -2.01. The summed E-state index contributed by atoms with van der Waals surface area (Å²) in [5, 5.41) is 9.73. The fraction of sp³-hybridized carbons (Fsp3) is 0. The molecule has 5 heteroatoms. The molecule has 3 aromatic heterocycles. The zero-order valence-corrected chi connectivity index (χ0v) is 31.3. The predicted octanol–water partition coefficient (Wildman–Crippen LogP) is 13.4. The molecule has 9 aromatic carbocycles. The summed E-state index contributed by atoms with van der Waals surface area (Å²) >= 11 is 0. The van der Waals surface area contributed by atoms with Crippen LogP contribution < -0.4 is 0 Å². The van der Waals surface area contributed by atoms with E-state index in [1.54, 1.807) is 0 Å². The molecule has 0 unspecified atom stereocenters. The summed E-state index contributed by atoms with van der Waals surface area (Å²) < 4.78 is 4.97. The van der Waals surface area contributed by atoms with Crippen molar-refractivity contribution in [1.29, 1.82) is 0 Å². The van der Waals surface area contributed by atoms with Crippen molar-refractivity contribution in [2.75, 3.05) is 0 Å². The first kappa shape index (κ1) is 32.4. The minimum atomic E-state index is 0.630. The van der Waals surface area contributed by atoms with Gasteiger partial charge in [-0.15, -0.1) is 0 Å². The molecule has 0 amide bonds. The van der Waals surface area contributed by atoms with Crippen molar-refractivity contribution < 1.29 is 0 Å². The van der Waals surface area contributed by atoms with Crippen LogP contribution in [0, 0.1) is 0 Å². The van der Waals surface area contributed by atoms with E-state index in [0.29, 0.717) is 17.5 Å². The van der Waals surface area contributed by atoms with Gasteiger partial charge in [-0.1, -0.05) is 164 Å². The molecule has 0 aliphatic rings. The summed E-state index contributed by atoms with van der Waals surface area (Å²) in [6.07, 6.45) is 0. The Morgan fingerprint density at radius 3 is 1.05 bits per heavy atom. The van der Waals surface area contributed by atoms with Crippen LogP contribution in [0.1, 0.15) is 0 Å². The largest absolute Gasteiger partial charge is 0.307 e. The van der Waals surface area contributed by atoms with E-state index in [1.165, 1.54) is 65.2 Å². The van der Waals surface area contributed by atoms with Crippen molar-refractivity contribution in [3.8, 4) is 45.5 Å². The second kappa shape index (κ2) is 12.8. The number of hydrogen-bond donors (Lipinski definition) is 0. The number of nitrogens with zero attached hydrogens (tertiary/aromatic N) is 5. The second-order valence-electron chi connectivity index (χ2n) is 14.8. The van der Waals surface area contributed by atoms with Gasteiger partial charge in [0, 0.05) is 60.4 Å². The van der Waals surface area contributed by atoms with E-state index >= 15 is 0 Å². The maximum absolute atomic E-state index is 5.04. The topological polar surface area (TPSA) is 48.5 Å². The quantitative estimate of drug-likeness (QED) is 0.177. The molecule has 58 heavy (non-hydrogen) atoms. The zero-order chi connectivity index (χ0) is 38.2. The Morgan fingerprint density at radius 1 is 0.241 bits per heavy atom. The van der Waals surface area contributed by atoms with Crippen LogP contribution in [0.25, 0.3) is 111 Å². The van der Waals surface area contributed by atoms with Gasteiger partial charge in [-0.25, -0.2) is 15.0 Å². The highest BCUT2D eigenvalue weighted by Gasteiger charge is 2.23. The van der Waals surface area contributed by atoms with Gasteiger partial charge in [0.15, 0.2) is 17.5 Å². The molecule has 270 valence electrons. The third-order valence-corrected chi connectivity index (χ3v) is 11.5. The normalized spacial score (nSPS) is 11.8. The van der Waals surface area contributed by atoms with Crippen molar-refractivity contribution in [1.82, 2.24) is 24.1 Å². The lowest BCUT2D eigenvalue weighted by molar-refractivity contribution is 1.07. The van der Waals surface area contributed by atoms with E-state index in [0.717, 1.165) is 28.1 Å². The Bertz CT molecular complexity index is 3470. The first-order valence-electron chi connectivity index (χ1n) is 19.6. The van der Waals surface area contributed by atoms with Crippen molar-refractivity contribution >= 4 is 65.2 Å². The highest BCUT2D eigenvalue weighted by Crippen LogP contribution is 2.45. The lowest BCUT2D eigenvalue weighted by Gasteiger charge is -2.14. The lowest BCUT2D eigenvalue weighted by atomic mass is 10.0. The molecule has 0 atom stereocenters. The SMILES string of the molecule is c1ccc(-c2nc(-c3ccccc3)nc(-c3ccc(-n4c5c6ccccc6ccc5c5ccc6c7ccc8ccccc8c7n(-c7ccccc7)c6c54)cc3)n2)cc1. The molecule has 3 heterocycles. The molecule has 0 aliphatic carbocycles. The fourth-order valence-corrected chi connectivity index (χ4v) is 8.91. The molecule has 0 N–H and O–H groups in total. The first-order valence-corrected chi connectivity index (χ1v) is 19.6. The van der Waals surface area contributed by atoms with Crippen LogP contribution in [0.3, 0.4) is 0 Å². The standard InChI is InChI=1S/C53H33N5/c1-4-16-36(17-5-1)51-54-52(37-18-6-2-7-19-37)56-53(55-51)38-24-28-40(29-25-38)58-48-42-23-13-11-15-35(42)27-31-44(48)46-33-32-45-43-30-26-34-14-10-12-22-41(34)47(43)57(49(45)50(46)58)39-20-8-3-9-21-39/h1-33H. The Kier molecular flexibility index (Phi) is 7.16. The molecule has 0 fully saturated rings. The van der Waals surface area contributed by atoms with Gasteiger partial charge in [-0.3, -0.25) is 0 Å². The Hall–Kier alpha value is -7.89. The molecule has 12 aromatic rings. The number of para-hydroxylation sites is 1. The van der Waals surface area contributed by atoms with E-state index < -0.39 is 0 Å². The molecule has 0 saturated heterocycles. The first-order chi connectivity index (χ1) is 28.8. The van der Waals surface area contributed by atoms with E-state index in [4.69, 9.17) is 15.0 Å². The molecule has 0 spiro atoms. The monoisotopic (exact) mass is 739 g/mol. The predicted molar refractivity (Wildman–Crippen MR) is 240 cm³/mol. The highest BCUT2D eigenvalue weighted by atomic mass is 15.1. The fourth-order valence-electron chi connectivity index (χ4n) is 8.91. The maximum Gasteiger partial charge on any atom is 0.164 e. The highest BCUT2D eigenvalue weighted by molar-refractivity contribution is 6.29. The Labute approximate surface area is 333 Å². The number of aromatic nitrogens is 5. The van der Waals surface area contributed by atoms with Crippen LogP contribution in [-0.4, -0.2) is 24.1 Å². The van der Waals surface area contributed by atoms with Crippen LogP contribution in [0.4, 0.5) is 0 Å². The molecule has 0 aliphatic heterocycles. The third kappa shape index (κ3) is 4.93. The average Bonchev–Trinajstić information content (AvgIpc) is 3.84. The average molecular weight is 740 g/mol. The van der Waals surface area contributed by atoms with Crippen LogP contribution >= 0.6 is 0 Å². The molecular formula is C53H33N5. The smallest absolute Gasteiger partial charge is 0.164 e. The summed E-state index contributed by atoms with van der Waals surface area (Å²) in [5.41, 5.74) is 9.73. The van der Waals surface area contributed by atoms with Crippen molar-refractivity contribution in [3.63, 3.8) is 0 Å². The number of hydrogen-bond acceptors (Lipinski definition) is 3. The zero-order valence-electron chi connectivity index (χ0n) is 31.3. The Morgan fingerprint density at radius 2 is 0.586 bits per heavy atom. The Balaban J connectivity index is 1.16. The molecule has 12 rings (SSSR count). The third-order valence-electron chi connectivity index (χ3n) is 11.5. The van der Waals surface area contributed by atoms with Gasteiger partial charge in [0.05, 0.1) is 22.1 Å². The van der Waals surface area contributed by atoms with Gasteiger partial charge in [0.25, 0.3) is 0 Å².